The Morgan fingerprint density at radius 3 is 2.67 bits per heavy atom. The summed E-state index contributed by atoms with van der Waals surface area (Å²) in [6, 6.07) is 5.64. The molecule has 0 saturated carbocycles. The van der Waals surface area contributed by atoms with E-state index in [0.717, 1.165) is 29.1 Å². The maximum absolute atomic E-state index is 12.7. The van der Waals surface area contributed by atoms with Gasteiger partial charge in [-0.05, 0) is 51.3 Å². The molecular formula is C18H26N4O2. The quantitative estimate of drug-likeness (QED) is 0.884. The van der Waals surface area contributed by atoms with Crippen molar-refractivity contribution in [1.82, 2.24) is 20.1 Å². The smallest absolute Gasteiger partial charge is 0.264 e. The third-order valence-corrected chi connectivity index (χ3v) is 4.24. The van der Waals surface area contributed by atoms with E-state index in [1.54, 1.807) is 18.5 Å². The molecule has 1 N–H and O–H groups in total. The molecule has 0 fully saturated rings. The second-order valence-corrected chi connectivity index (χ2v) is 6.49. The number of carbonyl (C=O) groups excluding carboxylic acids is 1. The first kappa shape index (κ1) is 18.0. The molecule has 6 nitrogen and oxygen atoms in total. The van der Waals surface area contributed by atoms with Crippen LogP contribution < -0.4 is 10.1 Å². The molecule has 24 heavy (non-hydrogen) atoms. The molecule has 0 saturated heterocycles. The molecular weight excluding hydrogens is 304 g/mol. The highest BCUT2D eigenvalue weighted by Gasteiger charge is 2.33. The minimum absolute atomic E-state index is 0.182. The molecule has 1 amide bonds. The highest BCUT2D eigenvalue weighted by molar-refractivity contribution is 5.85. The van der Waals surface area contributed by atoms with E-state index in [2.05, 4.69) is 15.4 Å². The normalized spacial score (nSPS) is 12.8. The zero-order valence-electron chi connectivity index (χ0n) is 15.3. The van der Waals surface area contributed by atoms with Crippen LogP contribution in [0, 0.1) is 13.8 Å². The number of hydrogen-bond donors (Lipinski definition) is 1. The minimum Gasteiger partial charge on any atom is -0.478 e. The van der Waals surface area contributed by atoms with Gasteiger partial charge in [0.1, 0.15) is 17.9 Å². The number of rotatable bonds is 6. The summed E-state index contributed by atoms with van der Waals surface area (Å²) in [5, 5.41) is 7.08. The summed E-state index contributed by atoms with van der Waals surface area (Å²) in [7, 11) is 1.81. The third kappa shape index (κ3) is 3.75. The third-order valence-electron chi connectivity index (χ3n) is 4.24. The van der Waals surface area contributed by atoms with Crippen LogP contribution in [0.5, 0.6) is 5.75 Å². The molecule has 1 aromatic carbocycles. The zero-order chi connectivity index (χ0) is 17.9. The summed E-state index contributed by atoms with van der Waals surface area (Å²) in [6.45, 7) is 9.56. The van der Waals surface area contributed by atoms with Crippen LogP contribution in [-0.2, 0) is 11.8 Å². The molecule has 6 heteroatoms. The van der Waals surface area contributed by atoms with E-state index >= 15 is 0 Å². The molecule has 130 valence electrons. The number of ether oxygens (including phenoxy) is 1. The van der Waals surface area contributed by atoms with E-state index in [4.69, 9.17) is 4.74 Å². The van der Waals surface area contributed by atoms with E-state index in [9.17, 15) is 4.79 Å². The summed E-state index contributed by atoms with van der Waals surface area (Å²) in [4.78, 5) is 17.0. The van der Waals surface area contributed by atoms with Crippen molar-refractivity contribution in [2.75, 3.05) is 0 Å². The van der Waals surface area contributed by atoms with E-state index in [0.29, 0.717) is 0 Å². The standard InChI is InChI=1S/C18H26N4O2/c1-7-14(16-19-11-20-22(16)6)21-17(23)18(4,5)24-15-10-8-9-12(2)13(15)3/h8-11,14H,7H2,1-6H3,(H,21,23)/t14-/m1/s1. The van der Waals surface area contributed by atoms with Crippen LogP contribution in [0.25, 0.3) is 0 Å². The topological polar surface area (TPSA) is 69.0 Å². The van der Waals surface area contributed by atoms with Crippen molar-refractivity contribution in [3.63, 3.8) is 0 Å². The monoisotopic (exact) mass is 330 g/mol. The lowest BCUT2D eigenvalue weighted by atomic mass is 10.1. The van der Waals surface area contributed by atoms with Gasteiger partial charge in [0, 0.05) is 7.05 Å². The van der Waals surface area contributed by atoms with Crippen molar-refractivity contribution in [2.24, 2.45) is 7.05 Å². The van der Waals surface area contributed by atoms with E-state index in [-0.39, 0.29) is 11.9 Å². The highest BCUT2D eigenvalue weighted by atomic mass is 16.5. The Labute approximate surface area is 143 Å². The van der Waals surface area contributed by atoms with Crippen molar-refractivity contribution in [3.05, 3.63) is 41.5 Å². The number of carbonyl (C=O) groups is 1. The van der Waals surface area contributed by atoms with Crippen LogP contribution in [0.2, 0.25) is 0 Å². The van der Waals surface area contributed by atoms with Gasteiger partial charge in [0.25, 0.3) is 5.91 Å². The summed E-state index contributed by atoms with van der Waals surface area (Å²) < 4.78 is 7.69. The SMILES string of the molecule is CC[C@@H](NC(=O)C(C)(C)Oc1cccc(C)c1C)c1ncnn1C. The van der Waals surface area contributed by atoms with Crippen molar-refractivity contribution in [1.29, 1.82) is 0 Å². The van der Waals surface area contributed by atoms with Crippen LogP contribution in [0.4, 0.5) is 0 Å². The van der Waals surface area contributed by atoms with Crippen LogP contribution in [0.3, 0.4) is 0 Å². The molecule has 0 unspecified atom stereocenters. The van der Waals surface area contributed by atoms with Crippen molar-refractivity contribution in [2.45, 2.75) is 52.7 Å². The average Bonchev–Trinajstić information content (AvgIpc) is 2.95. The van der Waals surface area contributed by atoms with Gasteiger partial charge in [-0.25, -0.2) is 4.98 Å². The molecule has 0 spiro atoms. The lowest BCUT2D eigenvalue weighted by molar-refractivity contribution is -0.135. The van der Waals surface area contributed by atoms with Crippen LogP contribution in [0.1, 0.15) is 50.2 Å². The van der Waals surface area contributed by atoms with E-state index in [1.807, 2.05) is 46.0 Å². The minimum atomic E-state index is -0.995. The van der Waals surface area contributed by atoms with Gasteiger partial charge in [-0.2, -0.15) is 5.10 Å². The molecule has 2 aromatic rings. The van der Waals surface area contributed by atoms with Gasteiger partial charge in [-0.15, -0.1) is 0 Å². The fourth-order valence-corrected chi connectivity index (χ4v) is 2.46. The van der Waals surface area contributed by atoms with Crippen LogP contribution >= 0.6 is 0 Å². The summed E-state index contributed by atoms with van der Waals surface area (Å²) in [5.74, 6) is 1.27. The predicted molar refractivity (Wildman–Crippen MR) is 92.8 cm³/mol. The van der Waals surface area contributed by atoms with Gasteiger partial charge in [-0.1, -0.05) is 19.1 Å². The Morgan fingerprint density at radius 2 is 2.08 bits per heavy atom. The van der Waals surface area contributed by atoms with Gasteiger partial charge >= 0.3 is 0 Å². The highest BCUT2D eigenvalue weighted by Crippen LogP contribution is 2.26. The molecule has 0 radical (unpaired) electrons. The number of amides is 1. The molecule has 0 aliphatic rings. The zero-order valence-corrected chi connectivity index (χ0v) is 15.3. The Balaban J connectivity index is 2.15. The van der Waals surface area contributed by atoms with Gasteiger partial charge in [0.2, 0.25) is 0 Å². The van der Waals surface area contributed by atoms with Gasteiger partial charge in [-0.3, -0.25) is 9.48 Å². The first-order valence-corrected chi connectivity index (χ1v) is 8.16. The van der Waals surface area contributed by atoms with Gasteiger partial charge in [0.15, 0.2) is 5.60 Å². The van der Waals surface area contributed by atoms with Crippen LogP contribution in [0.15, 0.2) is 24.5 Å². The second kappa shape index (κ2) is 7.03. The Hall–Kier alpha value is -2.37. The maximum atomic E-state index is 12.7. The Bertz CT molecular complexity index is 722. The largest absolute Gasteiger partial charge is 0.478 e. The summed E-state index contributed by atoms with van der Waals surface area (Å²) in [6.07, 6.45) is 2.21. The molecule has 2 rings (SSSR count). The van der Waals surface area contributed by atoms with Crippen LogP contribution in [-0.4, -0.2) is 26.3 Å². The average molecular weight is 330 g/mol. The summed E-state index contributed by atoms with van der Waals surface area (Å²) >= 11 is 0. The Kier molecular flexibility index (Phi) is 5.26. The number of benzene rings is 1. The summed E-state index contributed by atoms with van der Waals surface area (Å²) in [5.41, 5.74) is 1.18. The fraction of sp³-hybridized carbons (Fsp3) is 0.500. The first-order chi connectivity index (χ1) is 11.3. The second-order valence-electron chi connectivity index (χ2n) is 6.49. The number of nitrogens with zero attached hydrogens (tertiary/aromatic N) is 3. The molecule has 0 aliphatic carbocycles. The van der Waals surface area contributed by atoms with Crippen molar-refractivity contribution >= 4 is 5.91 Å². The number of hydrogen-bond acceptors (Lipinski definition) is 4. The van der Waals surface area contributed by atoms with Crippen molar-refractivity contribution < 1.29 is 9.53 Å². The maximum Gasteiger partial charge on any atom is 0.264 e. The predicted octanol–water partition coefficient (Wildman–Crippen LogP) is 2.86. The first-order valence-electron chi connectivity index (χ1n) is 8.16. The van der Waals surface area contributed by atoms with Crippen molar-refractivity contribution in [3.8, 4) is 5.75 Å². The molecule has 0 bridgehead atoms. The Morgan fingerprint density at radius 1 is 1.38 bits per heavy atom. The molecule has 0 aliphatic heterocycles. The lowest BCUT2D eigenvalue weighted by Gasteiger charge is -2.28. The fourth-order valence-electron chi connectivity index (χ4n) is 2.46. The molecule has 1 atom stereocenters. The lowest BCUT2D eigenvalue weighted by Crippen LogP contribution is -2.48. The molecule has 1 heterocycles. The van der Waals surface area contributed by atoms with E-state index < -0.39 is 5.60 Å². The number of nitrogens with one attached hydrogen (secondary N) is 1. The van der Waals surface area contributed by atoms with E-state index in [1.165, 1.54) is 6.33 Å². The van der Waals surface area contributed by atoms with Gasteiger partial charge < -0.3 is 10.1 Å². The number of aryl methyl sites for hydroxylation is 2. The van der Waals surface area contributed by atoms with Gasteiger partial charge in [0.05, 0.1) is 6.04 Å². The number of aromatic nitrogens is 3. The molecule has 1 aromatic heterocycles.